The van der Waals surface area contributed by atoms with Gasteiger partial charge in [0.25, 0.3) is 0 Å². The molecule has 2 rings (SSSR count). The van der Waals surface area contributed by atoms with Gasteiger partial charge in [-0.05, 0) is 24.3 Å². The Morgan fingerprint density at radius 3 is 2.62 bits per heavy atom. The van der Waals surface area contributed by atoms with Gasteiger partial charge in [-0.1, -0.05) is 29.8 Å². The molecule has 21 heavy (non-hydrogen) atoms. The molecule has 0 aliphatic heterocycles. The summed E-state index contributed by atoms with van der Waals surface area (Å²) in [5.74, 6) is 0.506. The first kappa shape index (κ1) is 15.2. The molecule has 0 bridgehead atoms. The number of benzene rings is 2. The molecule has 0 saturated carbocycles. The average molecular weight is 308 g/mol. The number of carbonyl (C=O) groups is 1. The predicted molar refractivity (Wildman–Crippen MR) is 80.2 cm³/mol. The van der Waals surface area contributed by atoms with Crippen molar-refractivity contribution in [3.05, 3.63) is 58.6 Å². The number of ether oxygens (including phenoxy) is 1. The van der Waals surface area contributed by atoms with E-state index in [0.29, 0.717) is 21.9 Å². The van der Waals surface area contributed by atoms with Crippen molar-refractivity contribution >= 4 is 23.4 Å². The summed E-state index contributed by atoms with van der Waals surface area (Å²) in [6.45, 7) is 0. The number of methoxy groups -OCH3 is 1. The number of carboxylic acid groups (broad SMARTS) is 1. The molecule has 2 aromatic carbocycles. The maximum Gasteiger partial charge on any atom is 0.409 e. The molecule has 1 unspecified atom stereocenters. The number of hydrogen-bond donors (Lipinski definition) is 3. The van der Waals surface area contributed by atoms with Crippen LogP contribution in [-0.4, -0.2) is 23.4 Å². The summed E-state index contributed by atoms with van der Waals surface area (Å²) in [4.78, 5) is 10.8. The maximum absolute atomic E-state index is 10.8. The van der Waals surface area contributed by atoms with Crippen molar-refractivity contribution in [3.63, 3.8) is 0 Å². The lowest BCUT2D eigenvalue weighted by Gasteiger charge is -2.18. The molecule has 0 saturated heterocycles. The van der Waals surface area contributed by atoms with Gasteiger partial charge in [-0.3, -0.25) is 5.32 Å². The molecule has 0 radical (unpaired) electrons. The van der Waals surface area contributed by atoms with Crippen molar-refractivity contribution in [1.29, 1.82) is 0 Å². The largest absolute Gasteiger partial charge is 0.496 e. The first-order valence-corrected chi connectivity index (χ1v) is 6.51. The third-order valence-corrected chi connectivity index (χ3v) is 3.22. The summed E-state index contributed by atoms with van der Waals surface area (Å²) in [5.41, 5.74) is 1.15. The van der Waals surface area contributed by atoms with Crippen LogP contribution in [0.2, 0.25) is 5.02 Å². The van der Waals surface area contributed by atoms with E-state index in [0.717, 1.165) is 0 Å². The molecule has 0 fully saturated rings. The number of aliphatic hydroxyl groups is 1. The number of hydrogen-bond acceptors (Lipinski definition) is 3. The van der Waals surface area contributed by atoms with Gasteiger partial charge < -0.3 is 14.9 Å². The molecule has 0 spiro atoms. The molecule has 0 aliphatic carbocycles. The van der Waals surface area contributed by atoms with Crippen molar-refractivity contribution in [1.82, 2.24) is 0 Å². The van der Waals surface area contributed by atoms with E-state index in [1.807, 2.05) is 0 Å². The minimum absolute atomic E-state index is 0.269. The lowest BCUT2D eigenvalue weighted by molar-refractivity contribution is 0.208. The average Bonchev–Trinajstić information content (AvgIpc) is 2.48. The highest BCUT2D eigenvalue weighted by Gasteiger charge is 2.19. The number of aliphatic hydroxyl groups excluding tert-OH is 1. The Bertz CT molecular complexity index is 660. The molecule has 0 heterocycles. The summed E-state index contributed by atoms with van der Waals surface area (Å²) in [7, 11) is 1.50. The van der Waals surface area contributed by atoms with Crippen LogP contribution in [0.25, 0.3) is 0 Å². The minimum atomic E-state index is -1.22. The lowest BCUT2D eigenvalue weighted by atomic mass is 9.99. The highest BCUT2D eigenvalue weighted by atomic mass is 35.5. The van der Waals surface area contributed by atoms with Gasteiger partial charge in [0.1, 0.15) is 11.9 Å². The molecule has 2 aromatic rings. The number of anilines is 1. The molecule has 3 N–H and O–H groups in total. The Labute approximate surface area is 126 Å². The van der Waals surface area contributed by atoms with Gasteiger partial charge in [-0.2, -0.15) is 0 Å². The molecule has 1 atom stereocenters. The zero-order chi connectivity index (χ0) is 15.4. The van der Waals surface area contributed by atoms with E-state index in [2.05, 4.69) is 5.32 Å². The SMILES string of the molecule is COc1ccccc1C(O)c1cc(Cl)ccc1NC(=O)O. The third-order valence-electron chi connectivity index (χ3n) is 2.98. The molecular weight excluding hydrogens is 294 g/mol. The predicted octanol–water partition coefficient (Wildman–Crippen LogP) is 3.52. The number of nitrogens with one attached hydrogen (secondary N) is 1. The fourth-order valence-electron chi connectivity index (χ4n) is 2.05. The van der Waals surface area contributed by atoms with Gasteiger partial charge in [0.05, 0.1) is 12.8 Å². The molecule has 0 aromatic heterocycles. The van der Waals surface area contributed by atoms with E-state index in [1.54, 1.807) is 30.3 Å². The van der Waals surface area contributed by atoms with Crippen molar-refractivity contribution in [2.24, 2.45) is 0 Å². The van der Waals surface area contributed by atoms with E-state index < -0.39 is 12.2 Å². The Hall–Kier alpha value is -2.24. The van der Waals surface area contributed by atoms with Crippen LogP contribution in [0.5, 0.6) is 5.75 Å². The Morgan fingerprint density at radius 2 is 1.95 bits per heavy atom. The van der Waals surface area contributed by atoms with Crippen molar-refractivity contribution < 1.29 is 19.7 Å². The third kappa shape index (κ3) is 3.45. The van der Waals surface area contributed by atoms with Crippen molar-refractivity contribution in [2.75, 3.05) is 12.4 Å². The topological polar surface area (TPSA) is 78.8 Å². The second-order valence-corrected chi connectivity index (χ2v) is 4.74. The highest BCUT2D eigenvalue weighted by molar-refractivity contribution is 6.30. The molecule has 1 amide bonds. The Kier molecular flexibility index (Phi) is 4.67. The summed E-state index contributed by atoms with van der Waals surface area (Å²) < 4.78 is 5.21. The molecular formula is C15H14ClNO4. The van der Waals surface area contributed by atoms with Gasteiger partial charge in [0.15, 0.2) is 0 Å². The summed E-state index contributed by atoms with van der Waals surface area (Å²) in [5, 5.41) is 22.1. The van der Waals surface area contributed by atoms with E-state index in [1.165, 1.54) is 19.2 Å². The number of para-hydroxylation sites is 1. The zero-order valence-electron chi connectivity index (χ0n) is 11.2. The van der Waals surface area contributed by atoms with Crippen LogP contribution < -0.4 is 10.1 Å². The summed E-state index contributed by atoms with van der Waals surface area (Å²) in [6.07, 6.45) is -2.28. The van der Waals surface area contributed by atoms with Gasteiger partial charge in [0.2, 0.25) is 0 Å². The first-order chi connectivity index (χ1) is 10.0. The lowest BCUT2D eigenvalue weighted by Crippen LogP contribution is -2.12. The van der Waals surface area contributed by atoms with Crippen molar-refractivity contribution in [3.8, 4) is 5.75 Å². The number of rotatable bonds is 4. The smallest absolute Gasteiger partial charge is 0.409 e. The highest BCUT2D eigenvalue weighted by Crippen LogP contribution is 2.34. The van der Waals surface area contributed by atoms with E-state index in [-0.39, 0.29) is 5.69 Å². The van der Waals surface area contributed by atoms with Gasteiger partial charge >= 0.3 is 6.09 Å². The quantitative estimate of drug-likeness (QED) is 0.807. The van der Waals surface area contributed by atoms with E-state index >= 15 is 0 Å². The fourth-order valence-corrected chi connectivity index (χ4v) is 2.23. The van der Waals surface area contributed by atoms with Crippen LogP contribution in [0.15, 0.2) is 42.5 Å². The first-order valence-electron chi connectivity index (χ1n) is 6.13. The van der Waals surface area contributed by atoms with Crippen LogP contribution in [0.4, 0.5) is 10.5 Å². The van der Waals surface area contributed by atoms with Gasteiger partial charge in [0, 0.05) is 16.1 Å². The fraction of sp³-hybridized carbons (Fsp3) is 0.133. The number of amides is 1. The van der Waals surface area contributed by atoms with E-state index in [4.69, 9.17) is 21.4 Å². The van der Waals surface area contributed by atoms with Crippen LogP contribution in [0, 0.1) is 0 Å². The Morgan fingerprint density at radius 1 is 1.24 bits per heavy atom. The van der Waals surface area contributed by atoms with Gasteiger partial charge in [-0.25, -0.2) is 4.79 Å². The standard InChI is InChI=1S/C15H14ClNO4/c1-21-13-5-3-2-4-10(13)14(18)11-8-9(16)6-7-12(11)17-15(19)20/h2-8,14,17-18H,1H3,(H,19,20). The second kappa shape index (κ2) is 6.47. The van der Waals surface area contributed by atoms with Gasteiger partial charge in [-0.15, -0.1) is 0 Å². The minimum Gasteiger partial charge on any atom is -0.496 e. The second-order valence-electron chi connectivity index (χ2n) is 4.31. The van der Waals surface area contributed by atoms with Crippen LogP contribution >= 0.6 is 11.6 Å². The normalized spacial score (nSPS) is 11.8. The number of halogens is 1. The Balaban J connectivity index is 2.49. The van der Waals surface area contributed by atoms with Crippen molar-refractivity contribution in [2.45, 2.75) is 6.10 Å². The monoisotopic (exact) mass is 307 g/mol. The summed E-state index contributed by atoms with van der Waals surface area (Å²) in [6, 6.07) is 11.5. The molecule has 110 valence electrons. The molecule has 5 nitrogen and oxygen atoms in total. The zero-order valence-corrected chi connectivity index (χ0v) is 12.0. The van der Waals surface area contributed by atoms with Crippen LogP contribution in [0.3, 0.4) is 0 Å². The molecule has 6 heteroatoms. The van der Waals surface area contributed by atoms with E-state index in [9.17, 15) is 9.90 Å². The van der Waals surface area contributed by atoms with Crippen LogP contribution in [0.1, 0.15) is 17.2 Å². The maximum atomic E-state index is 10.8. The molecule has 0 aliphatic rings. The van der Waals surface area contributed by atoms with Crippen LogP contribution in [-0.2, 0) is 0 Å². The summed E-state index contributed by atoms with van der Waals surface area (Å²) >= 11 is 5.94.